The molecule has 0 atom stereocenters. The Morgan fingerprint density at radius 2 is 2.00 bits per heavy atom. The molecule has 0 bridgehead atoms. The monoisotopic (exact) mass is 304 g/mol. The van der Waals surface area contributed by atoms with Gasteiger partial charge in [0.15, 0.2) is 5.78 Å². The Morgan fingerprint density at radius 3 is 2.57 bits per heavy atom. The first-order valence-corrected chi connectivity index (χ1v) is 5.55. The van der Waals surface area contributed by atoms with Gasteiger partial charge in [0, 0.05) is 17.1 Å². The van der Waals surface area contributed by atoms with Crippen LogP contribution < -0.4 is 0 Å². The molecule has 2 nitrogen and oxygen atoms in total. The minimum Gasteiger partial charge on any atom is -0.377 e. The summed E-state index contributed by atoms with van der Waals surface area (Å²) in [6, 6.07) is 8.22. The highest BCUT2D eigenvalue weighted by atomic mass is 127. The number of methoxy groups -OCH3 is 1. The predicted octanol–water partition coefficient (Wildman–Crippen LogP) is 2.44. The first-order valence-electron chi connectivity index (χ1n) is 4.47. The molecule has 1 aromatic carbocycles. The summed E-state index contributed by atoms with van der Waals surface area (Å²) in [5.41, 5.74) is 1.20. The topological polar surface area (TPSA) is 26.3 Å². The number of ketones is 1. The fourth-order valence-electron chi connectivity index (χ4n) is 1.17. The van der Waals surface area contributed by atoms with Crippen molar-refractivity contribution in [3.63, 3.8) is 0 Å². The predicted molar refractivity (Wildman–Crippen MR) is 64.4 cm³/mol. The molecule has 1 rings (SSSR count). The van der Waals surface area contributed by atoms with Gasteiger partial charge in [-0.15, -0.1) is 0 Å². The van der Waals surface area contributed by atoms with E-state index in [4.69, 9.17) is 4.74 Å². The van der Waals surface area contributed by atoms with Crippen molar-refractivity contribution in [1.29, 1.82) is 0 Å². The SMILES string of the molecule is COCC(=O)CCc1ccc(I)cc1. The zero-order valence-corrected chi connectivity index (χ0v) is 10.3. The number of hydrogen-bond acceptors (Lipinski definition) is 2. The van der Waals surface area contributed by atoms with Gasteiger partial charge >= 0.3 is 0 Å². The van der Waals surface area contributed by atoms with Crippen LogP contribution in [0.1, 0.15) is 12.0 Å². The lowest BCUT2D eigenvalue weighted by Crippen LogP contribution is -2.07. The molecule has 1 aromatic rings. The van der Waals surface area contributed by atoms with E-state index in [0.29, 0.717) is 6.42 Å². The van der Waals surface area contributed by atoms with Crippen molar-refractivity contribution in [2.24, 2.45) is 0 Å². The molecule has 0 saturated carbocycles. The average molecular weight is 304 g/mol. The highest BCUT2D eigenvalue weighted by Gasteiger charge is 2.01. The number of halogens is 1. The van der Waals surface area contributed by atoms with E-state index in [1.807, 2.05) is 0 Å². The molecule has 0 radical (unpaired) electrons. The van der Waals surface area contributed by atoms with Crippen LogP contribution in [0.4, 0.5) is 0 Å². The molecule has 0 saturated heterocycles. The smallest absolute Gasteiger partial charge is 0.158 e. The van der Waals surface area contributed by atoms with Crippen molar-refractivity contribution in [1.82, 2.24) is 0 Å². The van der Waals surface area contributed by atoms with Gasteiger partial charge in [0.05, 0.1) is 0 Å². The van der Waals surface area contributed by atoms with Gasteiger partial charge in [0.25, 0.3) is 0 Å². The third-order valence-electron chi connectivity index (χ3n) is 1.91. The Morgan fingerprint density at radius 1 is 1.36 bits per heavy atom. The van der Waals surface area contributed by atoms with Crippen LogP contribution in [0.15, 0.2) is 24.3 Å². The molecule has 0 spiro atoms. The van der Waals surface area contributed by atoms with Crippen molar-refractivity contribution < 1.29 is 9.53 Å². The maximum atomic E-state index is 11.2. The van der Waals surface area contributed by atoms with Gasteiger partial charge in [-0.1, -0.05) is 12.1 Å². The highest BCUT2D eigenvalue weighted by Crippen LogP contribution is 2.08. The van der Waals surface area contributed by atoms with E-state index in [-0.39, 0.29) is 12.4 Å². The summed E-state index contributed by atoms with van der Waals surface area (Å²) in [4.78, 5) is 11.2. The summed E-state index contributed by atoms with van der Waals surface area (Å²) >= 11 is 2.26. The lowest BCUT2D eigenvalue weighted by atomic mass is 10.1. The third-order valence-corrected chi connectivity index (χ3v) is 2.63. The standard InChI is InChI=1S/C11H13IO2/c1-14-8-11(13)7-4-9-2-5-10(12)6-3-9/h2-3,5-6H,4,7-8H2,1H3. The average Bonchev–Trinajstić information content (AvgIpc) is 2.17. The lowest BCUT2D eigenvalue weighted by molar-refractivity contribution is -0.122. The second-order valence-electron chi connectivity index (χ2n) is 3.10. The van der Waals surface area contributed by atoms with Crippen molar-refractivity contribution in [3.05, 3.63) is 33.4 Å². The number of benzene rings is 1. The summed E-state index contributed by atoms with van der Waals surface area (Å²) in [7, 11) is 1.54. The van der Waals surface area contributed by atoms with Crippen molar-refractivity contribution in [2.45, 2.75) is 12.8 Å². The maximum absolute atomic E-state index is 11.2. The third kappa shape index (κ3) is 4.19. The first kappa shape index (κ1) is 11.7. The fraction of sp³-hybridized carbons (Fsp3) is 0.364. The Kier molecular flexibility index (Phi) is 5.11. The van der Waals surface area contributed by atoms with Gasteiger partial charge in [0.1, 0.15) is 6.61 Å². The summed E-state index contributed by atoms with van der Waals surface area (Å²) in [5, 5.41) is 0. The Labute approximate surface area is 97.8 Å². The number of aryl methyl sites for hydroxylation is 1. The van der Waals surface area contributed by atoms with Crippen LogP contribution in [-0.2, 0) is 16.0 Å². The van der Waals surface area contributed by atoms with Crippen molar-refractivity contribution in [3.8, 4) is 0 Å². The molecule has 0 aliphatic rings. The van der Waals surface area contributed by atoms with E-state index < -0.39 is 0 Å². The van der Waals surface area contributed by atoms with Crippen molar-refractivity contribution in [2.75, 3.05) is 13.7 Å². The maximum Gasteiger partial charge on any atom is 0.158 e. The number of rotatable bonds is 5. The summed E-state index contributed by atoms with van der Waals surface area (Å²) in [6.07, 6.45) is 1.37. The van der Waals surface area contributed by atoms with Gasteiger partial charge in [-0.05, 0) is 46.7 Å². The van der Waals surface area contributed by atoms with Crippen LogP contribution in [0.3, 0.4) is 0 Å². The zero-order valence-electron chi connectivity index (χ0n) is 8.13. The van der Waals surface area contributed by atoms with E-state index in [1.165, 1.54) is 9.13 Å². The van der Waals surface area contributed by atoms with E-state index >= 15 is 0 Å². The van der Waals surface area contributed by atoms with Crippen molar-refractivity contribution >= 4 is 28.4 Å². The van der Waals surface area contributed by atoms with Gasteiger partial charge in [-0.25, -0.2) is 0 Å². The van der Waals surface area contributed by atoms with E-state index in [0.717, 1.165) is 6.42 Å². The van der Waals surface area contributed by atoms with E-state index in [2.05, 4.69) is 46.9 Å². The number of carbonyl (C=O) groups excluding carboxylic acids is 1. The molecule has 0 N–H and O–H groups in total. The van der Waals surface area contributed by atoms with E-state index in [1.54, 1.807) is 7.11 Å². The van der Waals surface area contributed by atoms with E-state index in [9.17, 15) is 4.79 Å². The molecule has 3 heteroatoms. The van der Waals surface area contributed by atoms with Gasteiger partial charge < -0.3 is 4.74 Å². The summed E-state index contributed by atoms with van der Waals surface area (Å²) in [6.45, 7) is 0.227. The lowest BCUT2D eigenvalue weighted by Gasteiger charge is -2.00. The molecule has 0 heterocycles. The second kappa shape index (κ2) is 6.14. The van der Waals surface area contributed by atoms with Crippen LogP contribution >= 0.6 is 22.6 Å². The van der Waals surface area contributed by atoms with Gasteiger partial charge in [-0.3, -0.25) is 4.79 Å². The number of carbonyl (C=O) groups is 1. The fourth-order valence-corrected chi connectivity index (χ4v) is 1.53. The Bertz CT molecular complexity index is 293. The van der Waals surface area contributed by atoms with Crippen LogP contribution in [0, 0.1) is 3.57 Å². The number of hydrogen-bond donors (Lipinski definition) is 0. The minimum atomic E-state index is 0.158. The van der Waals surface area contributed by atoms with Crippen LogP contribution in [0.2, 0.25) is 0 Å². The number of ether oxygens (including phenoxy) is 1. The minimum absolute atomic E-state index is 0.158. The summed E-state index contributed by atoms with van der Waals surface area (Å²) < 4.78 is 5.98. The Balaban J connectivity index is 2.38. The van der Waals surface area contributed by atoms with Crippen LogP contribution in [0.5, 0.6) is 0 Å². The first-order chi connectivity index (χ1) is 6.72. The number of Topliss-reactive ketones (excluding diaryl/α,β-unsaturated/α-hetero) is 1. The molecule has 0 unspecified atom stereocenters. The molecular weight excluding hydrogens is 291 g/mol. The second-order valence-corrected chi connectivity index (χ2v) is 4.34. The molecule has 76 valence electrons. The molecule has 0 aromatic heterocycles. The highest BCUT2D eigenvalue weighted by molar-refractivity contribution is 14.1. The molecular formula is C11H13IO2. The molecule has 0 aliphatic heterocycles. The van der Waals surface area contributed by atoms with Gasteiger partial charge in [0.2, 0.25) is 0 Å². The molecule has 0 amide bonds. The summed E-state index contributed by atoms with van der Waals surface area (Å²) in [5.74, 6) is 0.158. The van der Waals surface area contributed by atoms with Crippen LogP contribution in [0.25, 0.3) is 0 Å². The molecule has 0 fully saturated rings. The zero-order chi connectivity index (χ0) is 10.4. The molecule has 14 heavy (non-hydrogen) atoms. The quantitative estimate of drug-likeness (QED) is 0.781. The van der Waals surface area contributed by atoms with Crippen LogP contribution in [-0.4, -0.2) is 19.5 Å². The largest absolute Gasteiger partial charge is 0.377 e. The molecule has 0 aliphatic carbocycles. The van der Waals surface area contributed by atoms with Gasteiger partial charge in [-0.2, -0.15) is 0 Å². The Hall–Kier alpha value is -0.420. The normalized spacial score (nSPS) is 10.1.